The van der Waals surface area contributed by atoms with Gasteiger partial charge in [-0.2, -0.15) is 0 Å². The lowest BCUT2D eigenvalue weighted by Crippen LogP contribution is -2.09. The van der Waals surface area contributed by atoms with Crippen molar-refractivity contribution in [3.05, 3.63) is 194 Å². The summed E-state index contributed by atoms with van der Waals surface area (Å²) in [6.07, 6.45) is 0. The molecule has 1 aromatic heterocycles. The van der Waals surface area contributed by atoms with E-state index in [4.69, 9.17) is 0 Å². The van der Waals surface area contributed by atoms with E-state index in [1.807, 2.05) is 0 Å². The highest BCUT2D eigenvalue weighted by Gasteiger charge is 2.21. The molecule has 11 rings (SSSR count). The molecule has 0 spiro atoms. The van der Waals surface area contributed by atoms with Crippen molar-refractivity contribution < 1.29 is 0 Å². The van der Waals surface area contributed by atoms with Gasteiger partial charge >= 0.3 is 0 Å². The van der Waals surface area contributed by atoms with Crippen molar-refractivity contribution in [1.29, 1.82) is 0 Å². The molecule has 0 fully saturated rings. The lowest BCUT2D eigenvalue weighted by atomic mass is 9.89. The third-order valence-corrected chi connectivity index (χ3v) is 10.9. The zero-order chi connectivity index (χ0) is 34.2. The van der Waals surface area contributed by atoms with Crippen LogP contribution in [-0.4, -0.2) is 4.57 Å². The molecule has 0 aliphatic rings. The van der Waals surface area contributed by atoms with Crippen molar-refractivity contribution in [2.45, 2.75) is 0 Å². The zero-order valence-corrected chi connectivity index (χ0v) is 28.4. The number of benzene rings is 10. The summed E-state index contributed by atoms with van der Waals surface area (Å²) in [6.45, 7) is 0. The van der Waals surface area contributed by atoms with Crippen LogP contribution in [0.2, 0.25) is 0 Å². The quantitative estimate of drug-likeness (QED) is 0.167. The van der Waals surface area contributed by atoms with Gasteiger partial charge in [-0.25, -0.2) is 0 Å². The van der Waals surface area contributed by atoms with Gasteiger partial charge in [0.1, 0.15) is 0 Å². The van der Waals surface area contributed by atoms with Crippen LogP contribution in [0.1, 0.15) is 0 Å². The van der Waals surface area contributed by atoms with Gasteiger partial charge in [0.15, 0.2) is 0 Å². The first-order valence-electron chi connectivity index (χ1n) is 17.9. The molecule has 0 N–H and O–H groups in total. The Morgan fingerprint density at radius 2 is 0.942 bits per heavy atom. The van der Waals surface area contributed by atoms with Crippen LogP contribution >= 0.6 is 0 Å². The molecule has 10 aromatic carbocycles. The first-order valence-corrected chi connectivity index (χ1v) is 17.9. The molecule has 0 aliphatic carbocycles. The van der Waals surface area contributed by atoms with E-state index in [2.05, 4.69) is 204 Å². The Balaban J connectivity index is 1.14. The predicted octanol–water partition coefficient (Wildman–Crippen LogP) is 14.0. The van der Waals surface area contributed by atoms with Crippen LogP contribution in [0.3, 0.4) is 0 Å². The molecular formula is C50H32N2. The minimum absolute atomic E-state index is 1.13. The van der Waals surface area contributed by atoms with E-state index in [0.717, 1.165) is 17.1 Å². The minimum Gasteiger partial charge on any atom is -0.311 e. The molecule has 0 unspecified atom stereocenters. The maximum Gasteiger partial charge on any atom is 0.0620 e. The van der Waals surface area contributed by atoms with Gasteiger partial charge in [-0.05, 0) is 98.0 Å². The molecule has 52 heavy (non-hydrogen) atoms. The molecule has 0 amide bonds. The van der Waals surface area contributed by atoms with Gasteiger partial charge < -0.3 is 9.47 Å². The molecular weight excluding hydrogens is 629 g/mol. The van der Waals surface area contributed by atoms with Crippen molar-refractivity contribution in [2.75, 3.05) is 4.90 Å². The first kappa shape index (κ1) is 28.9. The van der Waals surface area contributed by atoms with Crippen molar-refractivity contribution in [3.63, 3.8) is 0 Å². The summed E-state index contributed by atoms with van der Waals surface area (Å²) in [4.78, 5) is 2.31. The second-order valence-electron chi connectivity index (χ2n) is 13.7. The summed E-state index contributed by atoms with van der Waals surface area (Å²) in [7, 11) is 0. The molecule has 0 atom stereocenters. The van der Waals surface area contributed by atoms with Gasteiger partial charge in [-0.3, -0.25) is 0 Å². The zero-order valence-electron chi connectivity index (χ0n) is 28.4. The number of hydrogen-bond acceptors (Lipinski definition) is 1. The Labute approximate surface area is 301 Å². The van der Waals surface area contributed by atoms with Crippen molar-refractivity contribution in [1.82, 2.24) is 4.57 Å². The Morgan fingerprint density at radius 1 is 0.346 bits per heavy atom. The molecule has 0 saturated heterocycles. The largest absolute Gasteiger partial charge is 0.311 e. The van der Waals surface area contributed by atoms with Gasteiger partial charge in [0, 0.05) is 38.6 Å². The number of fused-ring (bicyclic) bond motifs is 5. The fourth-order valence-electron chi connectivity index (χ4n) is 8.62. The summed E-state index contributed by atoms with van der Waals surface area (Å²) in [5.74, 6) is 0. The fraction of sp³-hybridized carbons (Fsp3) is 0. The first-order chi connectivity index (χ1) is 25.8. The smallest absolute Gasteiger partial charge is 0.0620 e. The normalized spacial score (nSPS) is 11.8. The Morgan fingerprint density at radius 3 is 1.73 bits per heavy atom. The Kier molecular flexibility index (Phi) is 6.28. The summed E-state index contributed by atoms with van der Waals surface area (Å²) >= 11 is 0. The summed E-state index contributed by atoms with van der Waals surface area (Å²) in [6, 6.07) is 70.8. The SMILES string of the molecule is c1ccc(N(c2ccccc2)c2ccc(-c3ccc4ccc5cc6c7ccccc7n(-c7cccc8ccccc78)c6c6ccc3c4c56)cc2)cc1. The number of rotatable bonds is 5. The third-order valence-electron chi connectivity index (χ3n) is 10.9. The fourth-order valence-corrected chi connectivity index (χ4v) is 8.62. The monoisotopic (exact) mass is 660 g/mol. The molecule has 0 aliphatic heterocycles. The molecule has 1 heterocycles. The highest BCUT2D eigenvalue weighted by atomic mass is 15.1. The van der Waals surface area contributed by atoms with Crippen LogP contribution in [0.15, 0.2) is 194 Å². The molecule has 0 bridgehead atoms. The standard InChI is InChI=1S/C50H32N2/c1-3-14-37(15-4-1)51(38-16-5-2-6-17-38)39-27-24-34(25-28-39)40-29-26-35-22-23-36-32-45-42-19-9-10-20-47(42)52(46-21-11-13-33-12-7-8-18-41(33)46)50(45)44-31-30-43(40)48(35)49(36)44/h1-32H. The summed E-state index contributed by atoms with van der Waals surface area (Å²) < 4.78 is 2.50. The van der Waals surface area contributed by atoms with Crippen LogP contribution in [-0.2, 0) is 0 Å². The van der Waals surface area contributed by atoms with E-state index in [1.165, 1.54) is 81.7 Å². The van der Waals surface area contributed by atoms with Gasteiger partial charge in [0.2, 0.25) is 0 Å². The average molecular weight is 661 g/mol. The van der Waals surface area contributed by atoms with E-state index >= 15 is 0 Å². The maximum absolute atomic E-state index is 2.50. The lowest BCUT2D eigenvalue weighted by molar-refractivity contribution is 1.20. The number of hydrogen-bond donors (Lipinski definition) is 0. The van der Waals surface area contributed by atoms with Crippen molar-refractivity contribution >= 4 is 82.0 Å². The molecule has 11 aromatic rings. The Bertz CT molecular complexity index is 3060. The second kappa shape index (κ2) is 11.3. The highest BCUT2D eigenvalue weighted by Crippen LogP contribution is 2.46. The van der Waals surface area contributed by atoms with E-state index < -0.39 is 0 Å². The topological polar surface area (TPSA) is 8.17 Å². The lowest BCUT2D eigenvalue weighted by Gasteiger charge is -2.25. The van der Waals surface area contributed by atoms with E-state index in [9.17, 15) is 0 Å². The maximum atomic E-state index is 2.50. The minimum atomic E-state index is 1.13. The van der Waals surface area contributed by atoms with Gasteiger partial charge in [-0.1, -0.05) is 140 Å². The van der Waals surface area contributed by atoms with Gasteiger partial charge in [-0.15, -0.1) is 0 Å². The second-order valence-corrected chi connectivity index (χ2v) is 13.7. The average Bonchev–Trinajstić information content (AvgIpc) is 3.55. The summed E-state index contributed by atoms with van der Waals surface area (Å²) in [5.41, 5.74) is 9.54. The third kappa shape index (κ3) is 4.25. The van der Waals surface area contributed by atoms with Crippen LogP contribution in [0.4, 0.5) is 17.1 Å². The van der Waals surface area contributed by atoms with Crippen LogP contribution in [0.5, 0.6) is 0 Å². The molecule has 0 radical (unpaired) electrons. The number of anilines is 3. The molecule has 2 nitrogen and oxygen atoms in total. The van der Waals surface area contributed by atoms with Crippen molar-refractivity contribution in [3.8, 4) is 16.8 Å². The van der Waals surface area contributed by atoms with E-state index in [0.29, 0.717) is 0 Å². The van der Waals surface area contributed by atoms with Crippen LogP contribution in [0.25, 0.3) is 81.7 Å². The Hall–Kier alpha value is -6.90. The molecule has 2 heteroatoms. The van der Waals surface area contributed by atoms with Gasteiger partial charge in [0.25, 0.3) is 0 Å². The highest BCUT2D eigenvalue weighted by molar-refractivity contribution is 6.33. The number of nitrogens with zero attached hydrogens (tertiary/aromatic N) is 2. The number of para-hydroxylation sites is 3. The van der Waals surface area contributed by atoms with E-state index in [1.54, 1.807) is 0 Å². The molecule has 242 valence electrons. The summed E-state index contributed by atoms with van der Waals surface area (Å²) in [5, 5.41) is 12.8. The predicted molar refractivity (Wildman–Crippen MR) is 222 cm³/mol. The van der Waals surface area contributed by atoms with E-state index in [-0.39, 0.29) is 0 Å². The molecule has 0 saturated carbocycles. The number of aromatic nitrogens is 1. The van der Waals surface area contributed by atoms with Gasteiger partial charge in [0.05, 0.1) is 16.7 Å². The van der Waals surface area contributed by atoms with Crippen LogP contribution < -0.4 is 4.90 Å². The van der Waals surface area contributed by atoms with Crippen molar-refractivity contribution in [2.24, 2.45) is 0 Å². The van der Waals surface area contributed by atoms with Crippen LogP contribution in [0, 0.1) is 0 Å².